The van der Waals surface area contributed by atoms with Crippen molar-refractivity contribution in [3.63, 3.8) is 0 Å². The molecule has 21 heavy (non-hydrogen) atoms. The van der Waals surface area contributed by atoms with Crippen LogP contribution in [0.25, 0.3) is 0 Å². The fourth-order valence-electron chi connectivity index (χ4n) is 3.57. The van der Waals surface area contributed by atoms with E-state index in [0.29, 0.717) is 0 Å². The van der Waals surface area contributed by atoms with E-state index < -0.39 is 0 Å². The van der Waals surface area contributed by atoms with Gasteiger partial charge in [0.05, 0.1) is 5.54 Å². The molecule has 1 aromatic rings. The number of amidine groups is 1. The Hall–Kier alpha value is -1.00. The van der Waals surface area contributed by atoms with E-state index in [2.05, 4.69) is 23.5 Å². The lowest BCUT2D eigenvalue weighted by Gasteiger charge is -2.29. The number of nitrogens with zero attached hydrogens (tertiary/aromatic N) is 1. The van der Waals surface area contributed by atoms with Crippen LogP contribution in [0.2, 0.25) is 0 Å². The van der Waals surface area contributed by atoms with Gasteiger partial charge in [0.2, 0.25) is 0 Å². The molecule has 1 aromatic carbocycles. The molecule has 1 saturated heterocycles. The summed E-state index contributed by atoms with van der Waals surface area (Å²) in [6, 6.07) is 6.67. The average molecular weight is 302 g/mol. The SMILES string of the molecule is c1cc2c(c(NC3=NC4(CCOCC4)CS3)c1)CCCC2. The van der Waals surface area contributed by atoms with E-state index >= 15 is 0 Å². The number of nitrogens with one attached hydrogen (secondary N) is 1. The van der Waals surface area contributed by atoms with Crippen LogP contribution in [-0.2, 0) is 17.6 Å². The number of fused-ring (bicyclic) bond motifs is 1. The molecule has 0 unspecified atom stereocenters. The number of hydrogen-bond acceptors (Lipinski definition) is 4. The number of ether oxygens (including phenoxy) is 1. The molecule has 3 aliphatic rings. The van der Waals surface area contributed by atoms with Crippen LogP contribution in [-0.4, -0.2) is 29.7 Å². The molecule has 2 heterocycles. The molecule has 0 amide bonds. The summed E-state index contributed by atoms with van der Waals surface area (Å²) >= 11 is 1.88. The number of aliphatic imine (C=N–C) groups is 1. The summed E-state index contributed by atoms with van der Waals surface area (Å²) < 4.78 is 5.49. The van der Waals surface area contributed by atoms with E-state index in [-0.39, 0.29) is 5.54 Å². The summed E-state index contributed by atoms with van der Waals surface area (Å²) in [6.45, 7) is 1.72. The highest BCUT2D eigenvalue weighted by Crippen LogP contribution is 2.37. The van der Waals surface area contributed by atoms with Crippen LogP contribution in [0.15, 0.2) is 23.2 Å². The lowest BCUT2D eigenvalue weighted by Crippen LogP contribution is -2.34. The van der Waals surface area contributed by atoms with Gasteiger partial charge in [0, 0.05) is 24.7 Å². The van der Waals surface area contributed by atoms with E-state index in [0.717, 1.165) is 37.0 Å². The second-order valence-electron chi connectivity index (χ2n) is 6.32. The number of thioether (sulfide) groups is 1. The fourth-order valence-corrected chi connectivity index (χ4v) is 4.77. The number of anilines is 1. The molecule has 4 heteroatoms. The minimum absolute atomic E-state index is 0.139. The molecule has 1 aliphatic carbocycles. The zero-order chi connectivity index (χ0) is 14.1. The molecule has 112 valence electrons. The number of hydrogen-bond donors (Lipinski definition) is 1. The first-order valence-corrected chi connectivity index (χ1v) is 9.01. The average Bonchev–Trinajstić information content (AvgIpc) is 2.91. The molecule has 1 N–H and O–H groups in total. The molecule has 4 rings (SSSR count). The second kappa shape index (κ2) is 5.65. The van der Waals surface area contributed by atoms with E-state index in [1.165, 1.54) is 42.5 Å². The number of rotatable bonds is 1. The first-order valence-electron chi connectivity index (χ1n) is 8.03. The quantitative estimate of drug-likeness (QED) is 0.860. The molecule has 0 bridgehead atoms. The van der Waals surface area contributed by atoms with Crippen LogP contribution in [0.5, 0.6) is 0 Å². The monoisotopic (exact) mass is 302 g/mol. The highest BCUT2D eigenvalue weighted by atomic mass is 32.2. The third-order valence-corrected chi connectivity index (χ3v) is 6.03. The summed E-state index contributed by atoms with van der Waals surface area (Å²) in [5, 5.41) is 4.72. The van der Waals surface area contributed by atoms with Gasteiger partial charge < -0.3 is 10.1 Å². The zero-order valence-electron chi connectivity index (χ0n) is 12.4. The van der Waals surface area contributed by atoms with Crippen LogP contribution in [0, 0.1) is 0 Å². The van der Waals surface area contributed by atoms with Crippen molar-refractivity contribution >= 4 is 22.6 Å². The van der Waals surface area contributed by atoms with Crippen molar-refractivity contribution in [3.05, 3.63) is 29.3 Å². The first kappa shape index (κ1) is 13.6. The summed E-state index contributed by atoms with van der Waals surface area (Å²) in [5.74, 6) is 1.10. The van der Waals surface area contributed by atoms with Crippen LogP contribution in [0.4, 0.5) is 5.69 Å². The van der Waals surface area contributed by atoms with Gasteiger partial charge in [0.15, 0.2) is 5.17 Å². The van der Waals surface area contributed by atoms with Crippen molar-refractivity contribution < 1.29 is 4.74 Å². The van der Waals surface area contributed by atoms with E-state index in [1.54, 1.807) is 0 Å². The Kier molecular flexibility index (Phi) is 3.67. The second-order valence-corrected chi connectivity index (χ2v) is 7.28. The first-order chi connectivity index (χ1) is 10.3. The van der Waals surface area contributed by atoms with Crippen LogP contribution in [0.3, 0.4) is 0 Å². The predicted octanol–water partition coefficient (Wildman–Crippen LogP) is 3.63. The van der Waals surface area contributed by atoms with Crippen molar-refractivity contribution in [1.82, 2.24) is 0 Å². The van der Waals surface area contributed by atoms with E-state index in [4.69, 9.17) is 9.73 Å². The van der Waals surface area contributed by atoms with Gasteiger partial charge in [-0.25, -0.2) is 0 Å². The molecule has 0 atom stereocenters. The van der Waals surface area contributed by atoms with Crippen molar-refractivity contribution in [2.75, 3.05) is 24.3 Å². The lowest BCUT2D eigenvalue weighted by atomic mass is 9.90. The molecule has 1 spiro atoms. The number of benzene rings is 1. The van der Waals surface area contributed by atoms with E-state index in [1.807, 2.05) is 11.8 Å². The summed E-state index contributed by atoms with van der Waals surface area (Å²) in [7, 11) is 0. The molecule has 0 aromatic heterocycles. The summed E-state index contributed by atoms with van der Waals surface area (Å²) in [4.78, 5) is 5.01. The van der Waals surface area contributed by atoms with Gasteiger partial charge in [-0.1, -0.05) is 23.9 Å². The predicted molar refractivity (Wildman–Crippen MR) is 89.4 cm³/mol. The van der Waals surface area contributed by atoms with Crippen LogP contribution in [0.1, 0.15) is 36.8 Å². The third kappa shape index (κ3) is 2.71. The van der Waals surface area contributed by atoms with Gasteiger partial charge in [-0.15, -0.1) is 0 Å². The topological polar surface area (TPSA) is 33.6 Å². The molecule has 3 nitrogen and oxygen atoms in total. The fraction of sp³-hybridized carbons (Fsp3) is 0.588. The highest BCUT2D eigenvalue weighted by Gasteiger charge is 2.37. The standard InChI is InChI=1S/C17H22N2OS/c1-2-6-14-13(4-1)5-3-7-15(14)18-16-19-17(12-21-16)8-10-20-11-9-17/h3,5,7H,1-2,4,6,8-12H2,(H,18,19). The summed E-state index contributed by atoms with van der Waals surface area (Å²) in [5.41, 5.74) is 4.46. The maximum absolute atomic E-state index is 5.49. The highest BCUT2D eigenvalue weighted by molar-refractivity contribution is 8.14. The van der Waals surface area contributed by atoms with E-state index in [9.17, 15) is 0 Å². The Morgan fingerprint density at radius 1 is 1.14 bits per heavy atom. The Bertz CT molecular complexity index is 564. The Balaban J connectivity index is 1.55. The minimum Gasteiger partial charge on any atom is -0.381 e. The van der Waals surface area contributed by atoms with Gasteiger partial charge in [-0.3, -0.25) is 4.99 Å². The van der Waals surface area contributed by atoms with Crippen molar-refractivity contribution in [2.24, 2.45) is 4.99 Å². The number of aryl methyl sites for hydroxylation is 1. The van der Waals surface area contributed by atoms with Gasteiger partial charge in [-0.05, 0) is 55.7 Å². The van der Waals surface area contributed by atoms with Gasteiger partial charge in [-0.2, -0.15) is 0 Å². The Labute approximate surface area is 130 Å². The third-order valence-electron chi connectivity index (χ3n) is 4.88. The molecule has 0 radical (unpaired) electrons. The summed E-state index contributed by atoms with van der Waals surface area (Å²) in [6.07, 6.45) is 7.21. The molecule has 0 saturated carbocycles. The smallest absolute Gasteiger partial charge is 0.161 e. The van der Waals surface area contributed by atoms with Crippen molar-refractivity contribution in [1.29, 1.82) is 0 Å². The molecule has 2 aliphatic heterocycles. The maximum Gasteiger partial charge on any atom is 0.161 e. The normalized spacial score (nSPS) is 23.7. The van der Waals surface area contributed by atoms with Gasteiger partial charge in [0.25, 0.3) is 0 Å². The van der Waals surface area contributed by atoms with Gasteiger partial charge in [0.1, 0.15) is 0 Å². The van der Waals surface area contributed by atoms with Crippen LogP contribution < -0.4 is 5.32 Å². The van der Waals surface area contributed by atoms with Crippen molar-refractivity contribution in [3.8, 4) is 0 Å². The molecular weight excluding hydrogens is 280 g/mol. The molecular formula is C17H22N2OS. The Morgan fingerprint density at radius 2 is 2.00 bits per heavy atom. The van der Waals surface area contributed by atoms with Gasteiger partial charge >= 0.3 is 0 Å². The zero-order valence-corrected chi connectivity index (χ0v) is 13.2. The Morgan fingerprint density at radius 3 is 2.90 bits per heavy atom. The lowest BCUT2D eigenvalue weighted by molar-refractivity contribution is 0.0624. The molecule has 1 fully saturated rings. The van der Waals surface area contributed by atoms with Crippen molar-refractivity contribution in [2.45, 2.75) is 44.1 Å². The maximum atomic E-state index is 5.49. The largest absolute Gasteiger partial charge is 0.381 e. The van der Waals surface area contributed by atoms with Crippen LogP contribution >= 0.6 is 11.8 Å². The minimum atomic E-state index is 0.139.